The van der Waals surface area contributed by atoms with Crippen molar-refractivity contribution in [2.45, 2.75) is 19.0 Å². The smallest absolute Gasteiger partial charge is 0.234 e. The molecule has 6 nitrogen and oxygen atoms in total. The molecule has 1 aromatic heterocycles. The standard InChI is InChI=1S/C17H15Cl2N5OS/c1-10-4-3-5-15(11(10)2)24-17(21-22-23-24)26-9-16(25)20-14-8-12(18)6-7-13(14)19/h3-8H,9H2,1-2H3,(H,20,25). The molecule has 0 atom stereocenters. The van der Waals surface area contributed by atoms with E-state index < -0.39 is 0 Å². The Labute approximate surface area is 164 Å². The number of thioether (sulfide) groups is 1. The molecule has 0 unspecified atom stereocenters. The number of amides is 1. The Balaban J connectivity index is 1.71. The first-order valence-electron chi connectivity index (χ1n) is 7.68. The molecule has 1 heterocycles. The summed E-state index contributed by atoms with van der Waals surface area (Å²) in [4.78, 5) is 12.2. The lowest BCUT2D eigenvalue weighted by molar-refractivity contribution is -0.113. The Morgan fingerprint density at radius 3 is 2.85 bits per heavy atom. The summed E-state index contributed by atoms with van der Waals surface area (Å²) in [6.45, 7) is 4.03. The molecule has 3 aromatic rings. The minimum Gasteiger partial charge on any atom is -0.324 e. The first-order chi connectivity index (χ1) is 12.5. The number of tetrazole rings is 1. The van der Waals surface area contributed by atoms with Gasteiger partial charge in [0.15, 0.2) is 0 Å². The van der Waals surface area contributed by atoms with Gasteiger partial charge in [-0.15, -0.1) is 5.10 Å². The number of hydrogen-bond acceptors (Lipinski definition) is 5. The van der Waals surface area contributed by atoms with Crippen LogP contribution >= 0.6 is 35.0 Å². The van der Waals surface area contributed by atoms with E-state index in [1.807, 2.05) is 32.0 Å². The quantitative estimate of drug-likeness (QED) is 0.637. The summed E-state index contributed by atoms with van der Waals surface area (Å²) < 4.78 is 1.63. The summed E-state index contributed by atoms with van der Waals surface area (Å²) in [6.07, 6.45) is 0. The number of rotatable bonds is 5. The molecule has 0 saturated carbocycles. The van der Waals surface area contributed by atoms with Crippen molar-refractivity contribution in [3.63, 3.8) is 0 Å². The first-order valence-corrected chi connectivity index (χ1v) is 9.42. The van der Waals surface area contributed by atoms with Gasteiger partial charge >= 0.3 is 0 Å². The third kappa shape index (κ3) is 4.17. The van der Waals surface area contributed by atoms with E-state index in [-0.39, 0.29) is 11.7 Å². The Morgan fingerprint density at radius 2 is 2.04 bits per heavy atom. The van der Waals surface area contributed by atoms with Gasteiger partial charge < -0.3 is 5.32 Å². The number of benzene rings is 2. The molecule has 0 radical (unpaired) electrons. The molecule has 134 valence electrons. The summed E-state index contributed by atoms with van der Waals surface area (Å²) in [7, 11) is 0. The number of aromatic nitrogens is 4. The van der Waals surface area contributed by atoms with Crippen LogP contribution in [0.1, 0.15) is 11.1 Å². The molecule has 0 fully saturated rings. The predicted molar refractivity (Wildman–Crippen MR) is 104 cm³/mol. The summed E-state index contributed by atoms with van der Waals surface area (Å²) in [5.41, 5.74) is 3.58. The van der Waals surface area contributed by atoms with Crippen LogP contribution in [0.3, 0.4) is 0 Å². The fourth-order valence-corrected chi connectivity index (χ4v) is 3.32. The number of nitrogens with zero attached hydrogens (tertiary/aromatic N) is 4. The molecule has 1 amide bonds. The van der Waals surface area contributed by atoms with Crippen LogP contribution < -0.4 is 5.32 Å². The highest BCUT2D eigenvalue weighted by atomic mass is 35.5. The number of carbonyl (C=O) groups is 1. The highest BCUT2D eigenvalue weighted by Gasteiger charge is 2.14. The molecule has 0 aliphatic carbocycles. The molecule has 9 heteroatoms. The number of carbonyl (C=O) groups excluding carboxylic acids is 1. The van der Waals surface area contributed by atoms with Crippen LogP contribution in [-0.2, 0) is 4.79 Å². The third-order valence-electron chi connectivity index (χ3n) is 3.78. The highest BCUT2D eigenvalue weighted by molar-refractivity contribution is 7.99. The minimum absolute atomic E-state index is 0.133. The van der Waals surface area contributed by atoms with Crippen LogP contribution in [0.4, 0.5) is 5.69 Å². The lowest BCUT2D eigenvalue weighted by Gasteiger charge is -2.10. The van der Waals surface area contributed by atoms with Crippen molar-refractivity contribution >= 4 is 46.6 Å². The Bertz CT molecular complexity index is 960. The van der Waals surface area contributed by atoms with Gasteiger partial charge in [0.2, 0.25) is 11.1 Å². The number of aryl methyl sites for hydroxylation is 1. The molecule has 3 rings (SSSR count). The Morgan fingerprint density at radius 1 is 1.23 bits per heavy atom. The van der Waals surface area contributed by atoms with Crippen molar-refractivity contribution in [2.75, 3.05) is 11.1 Å². The van der Waals surface area contributed by atoms with Crippen LogP contribution in [0.15, 0.2) is 41.6 Å². The molecule has 2 aromatic carbocycles. The summed E-state index contributed by atoms with van der Waals surface area (Å²) in [6, 6.07) is 10.8. The number of nitrogens with one attached hydrogen (secondary N) is 1. The minimum atomic E-state index is -0.227. The number of halogens is 2. The van der Waals surface area contributed by atoms with Gasteiger partial charge in [-0.2, -0.15) is 4.68 Å². The molecule has 0 spiro atoms. The van der Waals surface area contributed by atoms with E-state index in [4.69, 9.17) is 23.2 Å². The van der Waals surface area contributed by atoms with Crippen LogP contribution in [-0.4, -0.2) is 31.9 Å². The van der Waals surface area contributed by atoms with Gasteiger partial charge in [0, 0.05) is 5.02 Å². The molecule has 0 aliphatic heterocycles. The van der Waals surface area contributed by atoms with E-state index in [2.05, 4.69) is 20.8 Å². The largest absolute Gasteiger partial charge is 0.324 e. The summed E-state index contributed by atoms with van der Waals surface area (Å²) in [5.74, 6) is -0.0941. The molecule has 0 aliphatic rings. The van der Waals surface area contributed by atoms with Crippen molar-refractivity contribution in [1.82, 2.24) is 20.2 Å². The van der Waals surface area contributed by atoms with E-state index >= 15 is 0 Å². The van der Waals surface area contributed by atoms with Crippen molar-refractivity contribution in [1.29, 1.82) is 0 Å². The van der Waals surface area contributed by atoms with Crippen LogP contribution in [0, 0.1) is 13.8 Å². The molecule has 0 saturated heterocycles. The summed E-state index contributed by atoms with van der Waals surface area (Å²) >= 11 is 13.2. The normalized spacial score (nSPS) is 10.8. The van der Waals surface area contributed by atoms with Crippen LogP contribution in [0.25, 0.3) is 5.69 Å². The van der Waals surface area contributed by atoms with E-state index in [0.29, 0.717) is 20.9 Å². The van der Waals surface area contributed by atoms with E-state index in [9.17, 15) is 4.79 Å². The number of anilines is 1. The average Bonchev–Trinajstić information content (AvgIpc) is 3.07. The van der Waals surface area contributed by atoms with Crippen molar-refractivity contribution in [3.8, 4) is 5.69 Å². The molecule has 1 N–H and O–H groups in total. The maximum Gasteiger partial charge on any atom is 0.234 e. The average molecular weight is 408 g/mol. The molecular formula is C17H15Cl2N5OS. The second kappa shape index (κ2) is 8.07. The maximum atomic E-state index is 12.2. The predicted octanol–water partition coefficient (Wildman–Crippen LogP) is 4.32. The second-order valence-corrected chi connectivity index (χ2v) is 7.34. The van der Waals surface area contributed by atoms with Crippen molar-refractivity contribution in [3.05, 3.63) is 57.6 Å². The van der Waals surface area contributed by atoms with E-state index in [1.54, 1.807) is 22.9 Å². The number of hydrogen-bond donors (Lipinski definition) is 1. The topological polar surface area (TPSA) is 72.7 Å². The highest BCUT2D eigenvalue weighted by Crippen LogP contribution is 2.26. The lowest BCUT2D eigenvalue weighted by atomic mass is 10.1. The molecular weight excluding hydrogens is 393 g/mol. The van der Waals surface area contributed by atoms with Gasteiger partial charge in [-0.3, -0.25) is 4.79 Å². The lowest BCUT2D eigenvalue weighted by Crippen LogP contribution is -2.15. The van der Waals surface area contributed by atoms with Gasteiger partial charge in [-0.05, 0) is 59.7 Å². The summed E-state index contributed by atoms with van der Waals surface area (Å²) in [5, 5.41) is 16.0. The van der Waals surface area contributed by atoms with E-state index in [0.717, 1.165) is 16.8 Å². The van der Waals surface area contributed by atoms with Gasteiger partial charge in [-0.25, -0.2) is 0 Å². The van der Waals surface area contributed by atoms with Crippen molar-refractivity contribution in [2.24, 2.45) is 0 Å². The van der Waals surface area contributed by atoms with E-state index in [1.165, 1.54) is 11.8 Å². The van der Waals surface area contributed by atoms with Crippen LogP contribution in [0.2, 0.25) is 10.0 Å². The Hall–Kier alpha value is -2.09. The maximum absolute atomic E-state index is 12.2. The fourth-order valence-electron chi connectivity index (χ4n) is 2.29. The first kappa shape index (κ1) is 18.7. The zero-order valence-electron chi connectivity index (χ0n) is 14.0. The van der Waals surface area contributed by atoms with Gasteiger partial charge in [0.25, 0.3) is 0 Å². The zero-order chi connectivity index (χ0) is 18.7. The van der Waals surface area contributed by atoms with Crippen LogP contribution in [0.5, 0.6) is 0 Å². The molecule has 0 bridgehead atoms. The Kier molecular flexibility index (Phi) is 5.80. The van der Waals surface area contributed by atoms with Gasteiger partial charge in [-0.1, -0.05) is 47.1 Å². The van der Waals surface area contributed by atoms with Gasteiger partial charge in [0.05, 0.1) is 22.2 Å². The zero-order valence-corrected chi connectivity index (χ0v) is 16.4. The second-order valence-electron chi connectivity index (χ2n) is 5.55. The molecule has 26 heavy (non-hydrogen) atoms. The fraction of sp³-hybridized carbons (Fsp3) is 0.176. The van der Waals surface area contributed by atoms with Gasteiger partial charge in [0.1, 0.15) is 0 Å². The third-order valence-corrected chi connectivity index (χ3v) is 5.26. The van der Waals surface area contributed by atoms with Crippen molar-refractivity contribution < 1.29 is 4.79 Å². The SMILES string of the molecule is Cc1cccc(-n2nnnc2SCC(=O)Nc2cc(Cl)ccc2Cl)c1C. The monoisotopic (exact) mass is 407 g/mol.